The molecule has 25 heavy (non-hydrogen) atoms. The third kappa shape index (κ3) is 5.47. The van der Waals surface area contributed by atoms with Crippen molar-refractivity contribution in [1.29, 1.82) is 0 Å². The molecule has 0 radical (unpaired) electrons. The molecule has 140 valence electrons. The van der Waals surface area contributed by atoms with Crippen LogP contribution in [0.5, 0.6) is 0 Å². The number of hydrogen-bond donors (Lipinski definition) is 2. The van der Waals surface area contributed by atoms with E-state index in [4.69, 9.17) is 0 Å². The number of rotatable bonds is 5. The van der Waals surface area contributed by atoms with E-state index < -0.39 is 39.7 Å². The molecule has 0 aromatic heterocycles. The van der Waals surface area contributed by atoms with Gasteiger partial charge in [0.05, 0.1) is 4.90 Å². The van der Waals surface area contributed by atoms with Gasteiger partial charge < -0.3 is 5.32 Å². The highest BCUT2D eigenvalue weighted by molar-refractivity contribution is 7.89. The average Bonchev–Trinajstić information content (AvgIpc) is 2.83. The second-order valence-electron chi connectivity index (χ2n) is 7.48. The van der Waals surface area contributed by atoms with E-state index in [-0.39, 0.29) is 24.3 Å². The van der Waals surface area contributed by atoms with Crippen LogP contribution < -0.4 is 10.0 Å². The first-order valence-corrected chi connectivity index (χ1v) is 9.65. The Morgan fingerprint density at radius 1 is 1.28 bits per heavy atom. The fourth-order valence-electron chi connectivity index (χ4n) is 2.87. The van der Waals surface area contributed by atoms with E-state index in [2.05, 4.69) is 10.0 Å². The van der Waals surface area contributed by atoms with Crippen molar-refractivity contribution in [1.82, 2.24) is 10.0 Å². The minimum atomic E-state index is -3.76. The molecule has 0 spiro atoms. The summed E-state index contributed by atoms with van der Waals surface area (Å²) in [7, 11) is -3.76. The van der Waals surface area contributed by atoms with Crippen LogP contribution in [0.3, 0.4) is 0 Å². The predicted molar refractivity (Wildman–Crippen MR) is 90.7 cm³/mol. The zero-order valence-corrected chi connectivity index (χ0v) is 15.4. The lowest BCUT2D eigenvalue weighted by Gasteiger charge is -2.21. The molecule has 1 aliphatic carbocycles. The molecule has 1 aromatic carbocycles. The number of carbonyl (C=O) groups is 1. The number of hydrogen-bond acceptors (Lipinski definition) is 3. The summed E-state index contributed by atoms with van der Waals surface area (Å²) in [6.45, 7) is 5.17. The Bertz CT molecular complexity index is 743. The van der Waals surface area contributed by atoms with E-state index in [0.29, 0.717) is 5.56 Å². The largest absolute Gasteiger partial charge is 0.352 e. The maximum atomic E-state index is 13.2. The van der Waals surface area contributed by atoms with Gasteiger partial charge in [0.2, 0.25) is 21.9 Å². The summed E-state index contributed by atoms with van der Waals surface area (Å²) in [4.78, 5) is 12.2. The molecule has 0 saturated heterocycles. The molecule has 2 rings (SSSR count). The SMILES string of the molecule is CC(C)(C)NS(=O)(=O)c1ccccc1CNC(=O)C1CCC(F)(F)C1. The van der Waals surface area contributed by atoms with Crippen LogP contribution in [0.25, 0.3) is 0 Å². The van der Waals surface area contributed by atoms with E-state index in [1.807, 2.05) is 0 Å². The van der Waals surface area contributed by atoms with Crippen LogP contribution >= 0.6 is 0 Å². The molecule has 0 bridgehead atoms. The van der Waals surface area contributed by atoms with Crippen LogP contribution in [0.1, 0.15) is 45.6 Å². The fourth-order valence-corrected chi connectivity index (χ4v) is 4.53. The molecule has 8 heteroatoms. The Balaban J connectivity index is 2.10. The number of amides is 1. The highest BCUT2D eigenvalue weighted by atomic mass is 32.2. The molecule has 1 aromatic rings. The minimum Gasteiger partial charge on any atom is -0.352 e. The topological polar surface area (TPSA) is 75.3 Å². The van der Waals surface area contributed by atoms with Gasteiger partial charge in [-0.25, -0.2) is 21.9 Å². The summed E-state index contributed by atoms with van der Waals surface area (Å²) >= 11 is 0. The van der Waals surface area contributed by atoms with Crippen LogP contribution in [0.2, 0.25) is 0 Å². The van der Waals surface area contributed by atoms with Crippen molar-refractivity contribution in [2.75, 3.05) is 0 Å². The van der Waals surface area contributed by atoms with Crippen molar-refractivity contribution in [3.63, 3.8) is 0 Å². The highest BCUT2D eigenvalue weighted by Crippen LogP contribution is 2.38. The van der Waals surface area contributed by atoms with Crippen LogP contribution in [0.4, 0.5) is 8.78 Å². The van der Waals surface area contributed by atoms with Gasteiger partial charge in [-0.05, 0) is 38.8 Å². The number of sulfonamides is 1. The van der Waals surface area contributed by atoms with Gasteiger partial charge in [-0.15, -0.1) is 0 Å². The zero-order valence-electron chi connectivity index (χ0n) is 14.6. The summed E-state index contributed by atoms with van der Waals surface area (Å²) in [5.74, 6) is -3.99. The minimum absolute atomic E-state index is 0.0257. The summed E-state index contributed by atoms with van der Waals surface area (Å²) in [5, 5.41) is 2.59. The average molecular weight is 374 g/mol. The quantitative estimate of drug-likeness (QED) is 0.832. The second kappa shape index (κ2) is 6.99. The van der Waals surface area contributed by atoms with Crippen molar-refractivity contribution < 1.29 is 22.0 Å². The number of carbonyl (C=O) groups excluding carboxylic acids is 1. The molecule has 2 N–H and O–H groups in total. The molecule has 1 unspecified atom stereocenters. The van der Waals surface area contributed by atoms with Crippen LogP contribution in [0.15, 0.2) is 29.2 Å². The van der Waals surface area contributed by atoms with Gasteiger partial charge >= 0.3 is 0 Å². The van der Waals surface area contributed by atoms with Crippen LogP contribution in [-0.2, 0) is 21.4 Å². The van der Waals surface area contributed by atoms with Gasteiger partial charge in [0, 0.05) is 30.8 Å². The first-order chi connectivity index (χ1) is 11.4. The summed E-state index contributed by atoms with van der Waals surface area (Å²) in [6, 6.07) is 6.32. The Morgan fingerprint density at radius 3 is 2.48 bits per heavy atom. The molecule has 1 saturated carbocycles. The number of nitrogens with one attached hydrogen (secondary N) is 2. The van der Waals surface area contributed by atoms with Crippen molar-refractivity contribution in [2.45, 2.75) is 62.9 Å². The number of halogens is 2. The molecular formula is C17H24F2N2O3S. The van der Waals surface area contributed by atoms with Crippen LogP contribution in [-0.4, -0.2) is 25.8 Å². The molecular weight excluding hydrogens is 350 g/mol. The van der Waals surface area contributed by atoms with Gasteiger partial charge in [-0.1, -0.05) is 18.2 Å². The second-order valence-corrected chi connectivity index (χ2v) is 9.13. The maximum Gasteiger partial charge on any atom is 0.248 e. The van der Waals surface area contributed by atoms with Gasteiger partial charge in [-0.2, -0.15) is 0 Å². The van der Waals surface area contributed by atoms with Gasteiger partial charge in [0.1, 0.15) is 0 Å². The fraction of sp³-hybridized carbons (Fsp3) is 0.588. The highest BCUT2D eigenvalue weighted by Gasteiger charge is 2.42. The van der Waals surface area contributed by atoms with E-state index in [9.17, 15) is 22.0 Å². The smallest absolute Gasteiger partial charge is 0.248 e. The third-order valence-electron chi connectivity index (χ3n) is 3.93. The lowest BCUT2D eigenvalue weighted by Crippen LogP contribution is -2.41. The van der Waals surface area contributed by atoms with Gasteiger partial charge in [0.25, 0.3) is 0 Å². The Hall–Kier alpha value is -1.54. The molecule has 0 aliphatic heterocycles. The number of alkyl halides is 2. The van der Waals surface area contributed by atoms with Crippen LogP contribution in [0, 0.1) is 5.92 Å². The van der Waals surface area contributed by atoms with Crippen molar-refractivity contribution in [3.8, 4) is 0 Å². The maximum absolute atomic E-state index is 13.2. The van der Waals surface area contributed by atoms with Crippen molar-refractivity contribution in [3.05, 3.63) is 29.8 Å². The number of benzene rings is 1. The normalized spacial score (nSPS) is 20.4. The molecule has 0 heterocycles. The zero-order chi connectivity index (χ0) is 18.9. The Labute approximate surface area is 147 Å². The van der Waals surface area contributed by atoms with E-state index >= 15 is 0 Å². The Kier molecular flexibility index (Phi) is 5.53. The third-order valence-corrected chi connectivity index (χ3v) is 5.79. The van der Waals surface area contributed by atoms with Crippen molar-refractivity contribution >= 4 is 15.9 Å². The summed E-state index contributed by atoms with van der Waals surface area (Å²) in [6.07, 6.45) is -0.597. The monoisotopic (exact) mass is 374 g/mol. The van der Waals surface area contributed by atoms with E-state index in [1.54, 1.807) is 39.0 Å². The summed E-state index contributed by atoms with van der Waals surface area (Å²) in [5.41, 5.74) is -0.234. The van der Waals surface area contributed by atoms with Gasteiger partial charge in [-0.3, -0.25) is 4.79 Å². The van der Waals surface area contributed by atoms with Gasteiger partial charge in [0.15, 0.2) is 0 Å². The Morgan fingerprint density at radius 2 is 1.92 bits per heavy atom. The first kappa shape index (κ1) is 19.8. The standard InChI is InChI=1S/C17H24F2N2O3S/c1-16(2,3)21-25(23,24)14-7-5-4-6-13(14)11-20-15(22)12-8-9-17(18,19)10-12/h4-7,12,21H,8-11H2,1-3H3,(H,20,22). The molecule has 1 amide bonds. The molecule has 1 atom stereocenters. The molecule has 1 fully saturated rings. The lowest BCUT2D eigenvalue weighted by molar-refractivity contribution is -0.126. The van der Waals surface area contributed by atoms with Crippen molar-refractivity contribution in [2.24, 2.45) is 5.92 Å². The predicted octanol–water partition coefficient (Wildman–Crippen LogP) is 2.82. The molecule has 1 aliphatic rings. The van der Waals surface area contributed by atoms with E-state index in [0.717, 1.165) is 0 Å². The summed E-state index contributed by atoms with van der Waals surface area (Å²) < 4.78 is 54.1. The van der Waals surface area contributed by atoms with E-state index in [1.165, 1.54) is 6.07 Å². The molecule has 5 nitrogen and oxygen atoms in total. The lowest BCUT2D eigenvalue weighted by atomic mass is 10.1. The first-order valence-electron chi connectivity index (χ1n) is 8.17.